The standard InChI is InChI=1S/C32H29ClF4N6O4S/c1-4-25(44)41-11-12-42(17(2)16-41)29-19-13-23(34)27(26-21(32(35,36)37)9-6-10-22(26)33)39-30(19)43(31(45)40-29)28-20(18-7-5-8-18)14-38-15-24(28)48(3,46)47/h4,6,9-10,13-15,17-18H,1,5,7-8,11-12,16H2,2-3H3/t17-/m0/s1. The summed E-state index contributed by atoms with van der Waals surface area (Å²) in [5.74, 6) is -1.69. The van der Waals surface area contributed by atoms with Gasteiger partial charge in [0, 0.05) is 49.9 Å². The highest BCUT2D eigenvalue weighted by molar-refractivity contribution is 7.90. The van der Waals surface area contributed by atoms with Crippen LogP contribution in [0.2, 0.25) is 5.02 Å². The van der Waals surface area contributed by atoms with Crippen molar-refractivity contribution in [2.24, 2.45) is 0 Å². The average molecular weight is 705 g/mol. The Labute approximate surface area is 277 Å². The van der Waals surface area contributed by atoms with Crippen LogP contribution in [0.3, 0.4) is 0 Å². The molecule has 4 heterocycles. The van der Waals surface area contributed by atoms with Crippen molar-refractivity contribution in [3.05, 3.63) is 81.8 Å². The lowest BCUT2D eigenvalue weighted by atomic mass is 9.80. The third kappa shape index (κ3) is 5.82. The minimum absolute atomic E-state index is 0.0299. The number of nitrogens with zero attached hydrogens (tertiary/aromatic N) is 6. The van der Waals surface area contributed by atoms with Crippen LogP contribution in [0.25, 0.3) is 28.0 Å². The number of benzene rings is 1. The van der Waals surface area contributed by atoms with Crippen molar-refractivity contribution in [3.63, 3.8) is 0 Å². The number of piperazine rings is 1. The summed E-state index contributed by atoms with van der Waals surface area (Å²) in [6.07, 6.45) is 1.89. The molecule has 1 saturated heterocycles. The minimum Gasteiger partial charge on any atom is -0.350 e. The molecule has 1 aromatic carbocycles. The maximum Gasteiger partial charge on any atom is 0.417 e. The fraction of sp³-hybridized carbons (Fsp3) is 0.344. The monoisotopic (exact) mass is 704 g/mol. The number of hydrogen-bond donors (Lipinski definition) is 0. The molecule has 0 unspecified atom stereocenters. The quantitative estimate of drug-likeness (QED) is 0.190. The van der Waals surface area contributed by atoms with E-state index in [2.05, 4.69) is 21.5 Å². The lowest BCUT2D eigenvalue weighted by Gasteiger charge is -2.40. The number of hydrogen-bond acceptors (Lipinski definition) is 8. The van der Waals surface area contributed by atoms with Crippen molar-refractivity contribution in [2.45, 2.75) is 49.2 Å². The summed E-state index contributed by atoms with van der Waals surface area (Å²) < 4.78 is 86.0. The number of fused-ring (bicyclic) bond motifs is 1. The number of halogens is 5. The predicted molar refractivity (Wildman–Crippen MR) is 172 cm³/mol. The third-order valence-electron chi connectivity index (χ3n) is 8.82. The average Bonchev–Trinajstić information content (AvgIpc) is 2.99. The summed E-state index contributed by atoms with van der Waals surface area (Å²) in [6.45, 7) is 5.85. The van der Waals surface area contributed by atoms with E-state index >= 15 is 4.39 Å². The van der Waals surface area contributed by atoms with Gasteiger partial charge in [0.25, 0.3) is 0 Å². The molecule has 48 heavy (non-hydrogen) atoms. The second kappa shape index (κ2) is 12.3. The molecule has 1 saturated carbocycles. The second-order valence-corrected chi connectivity index (χ2v) is 14.3. The van der Waals surface area contributed by atoms with E-state index in [9.17, 15) is 31.2 Å². The van der Waals surface area contributed by atoms with Crippen molar-refractivity contribution in [3.8, 4) is 16.9 Å². The van der Waals surface area contributed by atoms with Crippen molar-refractivity contribution in [1.82, 2.24) is 24.4 Å². The van der Waals surface area contributed by atoms with Gasteiger partial charge in [-0.05, 0) is 55.5 Å². The fourth-order valence-corrected chi connectivity index (χ4v) is 7.36. The molecule has 1 atom stereocenters. The first-order valence-corrected chi connectivity index (χ1v) is 17.2. The van der Waals surface area contributed by atoms with E-state index in [0.717, 1.165) is 47.7 Å². The summed E-state index contributed by atoms with van der Waals surface area (Å²) in [6, 6.07) is 3.45. The van der Waals surface area contributed by atoms with Crippen LogP contribution < -0.4 is 10.6 Å². The lowest BCUT2D eigenvalue weighted by Crippen LogP contribution is -2.54. The SMILES string of the molecule is C=CC(=O)N1CCN(c2nc(=O)n(-c3c(C4CCC4)cncc3S(C)(=O)=O)c3nc(-c4c(Cl)cccc4C(F)(F)F)c(F)cc23)[C@@H](C)C1. The van der Waals surface area contributed by atoms with Crippen LogP contribution in [0.5, 0.6) is 0 Å². The summed E-state index contributed by atoms with van der Waals surface area (Å²) in [4.78, 5) is 42.2. The molecule has 16 heteroatoms. The van der Waals surface area contributed by atoms with E-state index in [-0.39, 0.29) is 58.9 Å². The molecule has 1 aliphatic heterocycles. The van der Waals surface area contributed by atoms with Gasteiger partial charge in [-0.15, -0.1) is 0 Å². The number of aromatic nitrogens is 4. The van der Waals surface area contributed by atoms with Gasteiger partial charge in [0.2, 0.25) is 5.91 Å². The zero-order valence-corrected chi connectivity index (χ0v) is 27.3. The number of anilines is 1. The molecular formula is C32H29ClF4N6O4S. The Morgan fingerprint density at radius 1 is 1.15 bits per heavy atom. The molecule has 2 fully saturated rings. The molecule has 0 bridgehead atoms. The highest BCUT2D eigenvalue weighted by Gasteiger charge is 2.37. The van der Waals surface area contributed by atoms with E-state index < -0.39 is 55.4 Å². The zero-order valence-electron chi connectivity index (χ0n) is 25.8. The van der Waals surface area contributed by atoms with Gasteiger partial charge in [-0.25, -0.2) is 27.2 Å². The van der Waals surface area contributed by atoms with Crippen LogP contribution in [0, 0.1) is 5.82 Å². The van der Waals surface area contributed by atoms with E-state index in [4.69, 9.17) is 11.6 Å². The molecular weight excluding hydrogens is 676 g/mol. The third-order valence-corrected chi connectivity index (χ3v) is 10.2. The summed E-state index contributed by atoms with van der Waals surface area (Å²) >= 11 is 6.26. The fourth-order valence-electron chi connectivity index (χ4n) is 6.28. The van der Waals surface area contributed by atoms with E-state index in [1.165, 1.54) is 12.3 Å². The molecule has 252 valence electrons. The molecule has 2 aliphatic rings. The van der Waals surface area contributed by atoms with Gasteiger partial charge in [-0.3, -0.25) is 9.78 Å². The number of carbonyl (C=O) groups excluding carboxylic acids is 1. The molecule has 10 nitrogen and oxygen atoms in total. The first kappa shape index (κ1) is 33.5. The molecule has 0 spiro atoms. The molecule has 0 radical (unpaired) electrons. The van der Waals surface area contributed by atoms with Gasteiger partial charge in [0.05, 0.1) is 21.7 Å². The van der Waals surface area contributed by atoms with Gasteiger partial charge in [0.15, 0.2) is 15.5 Å². The Balaban J connectivity index is 1.71. The van der Waals surface area contributed by atoms with Crippen LogP contribution in [0.1, 0.15) is 43.2 Å². The Morgan fingerprint density at radius 3 is 2.48 bits per heavy atom. The normalized spacial score (nSPS) is 17.4. The molecule has 0 N–H and O–H groups in total. The summed E-state index contributed by atoms with van der Waals surface area (Å²) in [7, 11) is -4.04. The van der Waals surface area contributed by atoms with Crippen molar-refractivity contribution in [2.75, 3.05) is 30.8 Å². The lowest BCUT2D eigenvalue weighted by molar-refractivity contribution is -0.137. The molecule has 4 aromatic rings. The number of sulfone groups is 1. The number of amides is 1. The van der Waals surface area contributed by atoms with E-state index in [1.807, 2.05) is 0 Å². The number of rotatable bonds is 6. The van der Waals surface area contributed by atoms with Crippen LogP contribution >= 0.6 is 11.6 Å². The van der Waals surface area contributed by atoms with Gasteiger partial charge < -0.3 is 9.80 Å². The molecule has 6 rings (SSSR count). The van der Waals surface area contributed by atoms with Crippen molar-refractivity contribution < 1.29 is 30.8 Å². The Hall–Kier alpha value is -4.37. The van der Waals surface area contributed by atoms with Gasteiger partial charge in [-0.2, -0.15) is 18.2 Å². The predicted octanol–water partition coefficient (Wildman–Crippen LogP) is 5.55. The number of alkyl halides is 3. The first-order chi connectivity index (χ1) is 22.6. The first-order valence-electron chi connectivity index (χ1n) is 15.0. The van der Waals surface area contributed by atoms with Crippen LogP contribution in [-0.4, -0.2) is 70.7 Å². The van der Waals surface area contributed by atoms with Gasteiger partial charge in [0.1, 0.15) is 22.2 Å². The van der Waals surface area contributed by atoms with Crippen LogP contribution in [0.4, 0.5) is 23.4 Å². The largest absolute Gasteiger partial charge is 0.417 e. The number of pyridine rings is 2. The molecule has 3 aromatic heterocycles. The summed E-state index contributed by atoms with van der Waals surface area (Å²) in [5.41, 5.74) is -3.80. The topological polar surface area (TPSA) is 118 Å². The Morgan fingerprint density at radius 2 is 1.88 bits per heavy atom. The van der Waals surface area contributed by atoms with Crippen molar-refractivity contribution >= 4 is 44.2 Å². The smallest absolute Gasteiger partial charge is 0.350 e. The highest BCUT2D eigenvalue weighted by Crippen LogP contribution is 2.44. The second-order valence-electron chi connectivity index (χ2n) is 11.9. The maximum atomic E-state index is 16.2. The van der Waals surface area contributed by atoms with Crippen LogP contribution in [-0.2, 0) is 20.8 Å². The minimum atomic E-state index is -4.95. The van der Waals surface area contributed by atoms with Gasteiger partial charge in [-0.1, -0.05) is 30.7 Å². The zero-order chi connectivity index (χ0) is 34.7. The molecule has 1 aliphatic carbocycles. The Bertz CT molecular complexity index is 2150. The van der Waals surface area contributed by atoms with E-state index in [0.29, 0.717) is 18.4 Å². The molecule has 1 amide bonds. The summed E-state index contributed by atoms with van der Waals surface area (Å²) in [5, 5.41) is -0.506. The van der Waals surface area contributed by atoms with Crippen LogP contribution in [0.15, 0.2) is 59.0 Å². The van der Waals surface area contributed by atoms with Gasteiger partial charge >= 0.3 is 11.9 Å². The highest BCUT2D eigenvalue weighted by atomic mass is 35.5. The number of carbonyl (C=O) groups is 1. The van der Waals surface area contributed by atoms with Crippen molar-refractivity contribution in [1.29, 1.82) is 0 Å². The Kier molecular flexibility index (Phi) is 8.56. The van der Waals surface area contributed by atoms with E-state index in [1.54, 1.807) is 16.7 Å². The maximum absolute atomic E-state index is 16.2.